The van der Waals surface area contributed by atoms with E-state index >= 15 is 0 Å². The van der Waals surface area contributed by atoms with Gasteiger partial charge in [-0.3, -0.25) is 10.2 Å². The van der Waals surface area contributed by atoms with Crippen molar-refractivity contribution in [3.63, 3.8) is 0 Å². The number of hydrogen-bond acceptors (Lipinski definition) is 4. The van der Waals surface area contributed by atoms with E-state index in [-0.39, 0.29) is 12.6 Å². The summed E-state index contributed by atoms with van der Waals surface area (Å²) in [5.41, 5.74) is 1.51. The Morgan fingerprint density at radius 3 is 2.86 bits per heavy atom. The summed E-state index contributed by atoms with van der Waals surface area (Å²) >= 11 is 0. The molecule has 2 amide bonds. The van der Waals surface area contributed by atoms with Crippen LogP contribution >= 0.6 is 0 Å². The minimum absolute atomic E-state index is 0.253. The molecule has 0 aliphatic carbocycles. The zero-order chi connectivity index (χ0) is 14.5. The van der Waals surface area contributed by atoms with Crippen molar-refractivity contribution >= 4 is 11.7 Å². The minimum Gasteiger partial charge on any atom is -0.331 e. The van der Waals surface area contributed by atoms with Gasteiger partial charge in [-0.2, -0.15) is 10.2 Å². The van der Waals surface area contributed by atoms with Crippen LogP contribution in [0, 0.1) is 0 Å². The first-order valence-electron chi connectivity index (χ1n) is 6.31. The quantitative estimate of drug-likeness (QED) is 0.581. The van der Waals surface area contributed by atoms with Crippen LogP contribution < -0.4 is 10.6 Å². The molecule has 0 saturated carbocycles. The lowest BCUT2D eigenvalue weighted by Crippen LogP contribution is -2.28. The number of aromatic nitrogens is 5. The van der Waals surface area contributed by atoms with Gasteiger partial charge in [0.2, 0.25) is 0 Å². The molecule has 0 aliphatic rings. The Morgan fingerprint density at radius 2 is 2.10 bits per heavy atom. The Kier molecular flexibility index (Phi) is 3.59. The van der Waals surface area contributed by atoms with Crippen LogP contribution in [0.15, 0.2) is 42.7 Å². The molecule has 0 bridgehead atoms. The van der Waals surface area contributed by atoms with Gasteiger partial charge in [0.1, 0.15) is 5.82 Å². The van der Waals surface area contributed by atoms with E-state index in [4.69, 9.17) is 0 Å². The van der Waals surface area contributed by atoms with E-state index in [1.165, 1.54) is 6.20 Å². The predicted molar refractivity (Wildman–Crippen MR) is 76.3 cm³/mol. The number of nitrogens with one attached hydrogen (secondary N) is 4. The lowest BCUT2D eigenvalue weighted by Gasteiger charge is -2.03. The molecule has 106 valence electrons. The Morgan fingerprint density at radius 1 is 1.24 bits per heavy atom. The lowest BCUT2D eigenvalue weighted by molar-refractivity contribution is 0.251. The summed E-state index contributed by atoms with van der Waals surface area (Å²) in [6.07, 6.45) is 3.10. The van der Waals surface area contributed by atoms with Gasteiger partial charge >= 0.3 is 6.03 Å². The SMILES string of the molecule is O=C(NCc1nc(-c2ccccc2)n[nH]1)Nc1cn[nH]c1. The van der Waals surface area contributed by atoms with Gasteiger partial charge in [0.25, 0.3) is 0 Å². The summed E-state index contributed by atoms with van der Waals surface area (Å²) in [5.74, 6) is 1.18. The Balaban J connectivity index is 1.56. The summed E-state index contributed by atoms with van der Waals surface area (Å²) in [6, 6.07) is 9.27. The van der Waals surface area contributed by atoms with Crippen molar-refractivity contribution in [2.24, 2.45) is 0 Å². The van der Waals surface area contributed by atoms with Gasteiger partial charge in [0.05, 0.1) is 18.4 Å². The van der Waals surface area contributed by atoms with Crippen LogP contribution in [0.5, 0.6) is 0 Å². The van der Waals surface area contributed by atoms with Crippen molar-refractivity contribution < 1.29 is 4.79 Å². The van der Waals surface area contributed by atoms with Crippen molar-refractivity contribution in [1.29, 1.82) is 0 Å². The molecule has 0 saturated heterocycles. The second-order valence-electron chi connectivity index (χ2n) is 4.27. The Bertz CT molecular complexity index is 705. The highest BCUT2D eigenvalue weighted by Gasteiger charge is 2.07. The summed E-state index contributed by atoms with van der Waals surface area (Å²) < 4.78 is 0. The van der Waals surface area contributed by atoms with Gasteiger partial charge in [-0.25, -0.2) is 9.78 Å². The number of benzene rings is 1. The van der Waals surface area contributed by atoms with Gasteiger partial charge in [-0.15, -0.1) is 0 Å². The fourth-order valence-corrected chi connectivity index (χ4v) is 1.75. The summed E-state index contributed by atoms with van der Waals surface area (Å²) in [4.78, 5) is 16.0. The van der Waals surface area contributed by atoms with E-state index < -0.39 is 0 Å². The molecule has 0 atom stereocenters. The molecular formula is C13H13N7O. The molecule has 4 N–H and O–H groups in total. The second kappa shape index (κ2) is 5.87. The maximum Gasteiger partial charge on any atom is 0.319 e. The number of urea groups is 1. The molecule has 0 spiro atoms. The number of hydrogen-bond donors (Lipinski definition) is 4. The largest absolute Gasteiger partial charge is 0.331 e. The monoisotopic (exact) mass is 283 g/mol. The summed E-state index contributed by atoms with van der Waals surface area (Å²) in [6.45, 7) is 0.253. The maximum absolute atomic E-state index is 11.6. The van der Waals surface area contributed by atoms with Crippen LogP contribution in [-0.4, -0.2) is 31.4 Å². The van der Waals surface area contributed by atoms with Crippen molar-refractivity contribution in [2.45, 2.75) is 6.54 Å². The number of carbonyl (C=O) groups is 1. The summed E-state index contributed by atoms with van der Waals surface area (Å²) in [5, 5.41) is 18.6. The number of H-pyrrole nitrogens is 2. The van der Waals surface area contributed by atoms with Gasteiger partial charge < -0.3 is 10.6 Å². The van der Waals surface area contributed by atoms with Gasteiger partial charge in [0, 0.05) is 11.8 Å². The molecule has 2 aromatic heterocycles. The molecular weight excluding hydrogens is 270 g/mol. The van der Waals surface area contributed by atoms with E-state index in [9.17, 15) is 4.79 Å². The van der Waals surface area contributed by atoms with E-state index in [1.54, 1.807) is 6.20 Å². The van der Waals surface area contributed by atoms with E-state index in [1.807, 2.05) is 30.3 Å². The van der Waals surface area contributed by atoms with Crippen LogP contribution in [0.25, 0.3) is 11.4 Å². The van der Waals surface area contributed by atoms with Crippen LogP contribution in [0.4, 0.5) is 10.5 Å². The predicted octanol–water partition coefficient (Wildman–Crippen LogP) is 1.52. The van der Waals surface area contributed by atoms with Crippen molar-refractivity contribution in [3.05, 3.63) is 48.5 Å². The molecule has 8 nitrogen and oxygen atoms in total. The number of aromatic amines is 2. The topological polar surface area (TPSA) is 111 Å². The number of nitrogens with zero attached hydrogens (tertiary/aromatic N) is 3. The van der Waals surface area contributed by atoms with Gasteiger partial charge in [0.15, 0.2) is 5.82 Å². The zero-order valence-electron chi connectivity index (χ0n) is 11.0. The average molecular weight is 283 g/mol. The third kappa shape index (κ3) is 3.24. The third-order valence-corrected chi connectivity index (χ3v) is 2.74. The molecule has 1 aromatic carbocycles. The summed E-state index contributed by atoms with van der Waals surface area (Å²) in [7, 11) is 0. The molecule has 3 rings (SSSR count). The molecule has 0 unspecified atom stereocenters. The number of amides is 2. The van der Waals surface area contributed by atoms with Gasteiger partial charge in [-0.1, -0.05) is 30.3 Å². The van der Waals surface area contributed by atoms with Crippen LogP contribution in [0.1, 0.15) is 5.82 Å². The first-order chi connectivity index (χ1) is 10.3. The fourth-order valence-electron chi connectivity index (χ4n) is 1.75. The number of carbonyl (C=O) groups excluding carboxylic acids is 1. The van der Waals surface area contributed by atoms with Crippen molar-refractivity contribution in [2.75, 3.05) is 5.32 Å². The first-order valence-corrected chi connectivity index (χ1v) is 6.31. The Hall–Kier alpha value is -3.16. The molecule has 21 heavy (non-hydrogen) atoms. The van der Waals surface area contributed by atoms with E-state index in [2.05, 4.69) is 36.0 Å². The van der Waals surface area contributed by atoms with E-state index in [0.29, 0.717) is 17.3 Å². The molecule has 3 aromatic rings. The molecule has 0 fully saturated rings. The standard InChI is InChI=1S/C13H13N7O/c21-13(17-10-6-15-16-7-10)14-8-11-18-12(20-19-11)9-4-2-1-3-5-9/h1-7H,8H2,(H,15,16)(H2,14,17,21)(H,18,19,20). The van der Waals surface area contributed by atoms with Crippen molar-refractivity contribution in [1.82, 2.24) is 30.7 Å². The second-order valence-corrected chi connectivity index (χ2v) is 4.27. The third-order valence-electron chi connectivity index (χ3n) is 2.74. The lowest BCUT2D eigenvalue weighted by atomic mass is 10.2. The minimum atomic E-state index is -0.339. The number of anilines is 1. The normalized spacial score (nSPS) is 10.3. The number of rotatable bonds is 4. The maximum atomic E-state index is 11.6. The average Bonchev–Trinajstić information content (AvgIpc) is 3.17. The fraction of sp³-hybridized carbons (Fsp3) is 0.0769. The Labute approximate surface area is 120 Å². The van der Waals surface area contributed by atoms with E-state index in [0.717, 1.165) is 5.56 Å². The van der Waals surface area contributed by atoms with Crippen molar-refractivity contribution in [3.8, 4) is 11.4 Å². The van der Waals surface area contributed by atoms with Crippen LogP contribution in [-0.2, 0) is 6.54 Å². The van der Waals surface area contributed by atoms with Crippen LogP contribution in [0.2, 0.25) is 0 Å². The highest BCUT2D eigenvalue weighted by Crippen LogP contribution is 2.13. The zero-order valence-corrected chi connectivity index (χ0v) is 11.0. The molecule has 0 radical (unpaired) electrons. The highest BCUT2D eigenvalue weighted by atomic mass is 16.2. The molecule has 8 heteroatoms. The smallest absolute Gasteiger partial charge is 0.319 e. The van der Waals surface area contributed by atoms with Gasteiger partial charge in [-0.05, 0) is 0 Å². The highest BCUT2D eigenvalue weighted by molar-refractivity contribution is 5.88. The van der Waals surface area contributed by atoms with Crippen LogP contribution in [0.3, 0.4) is 0 Å². The molecule has 0 aliphatic heterocycles. The first kappa shape index (κ1) is 12.9. The molecule has 2 heterocycles.